The molecule has 0 N–H and O–H groups in total. The molecule has 1 aliphatic heterocycles. The SMILES string of the molecule is CCc1ncnc(OCC2CCN(c3nc(C(F)(F)F)cs3)CC2)c1F. The Balaban J connectivity index is 1.52. The number of anilines is 1. The zero-order valence-corrected chi connectivity index (χ0v) is 14.9. The molecule has 26 heavy (non-hydrogen) atoms. The summed E-state index contributed by atoms with van der Waals surface area (Å²) in [4.78, 5) is 13.2. The molecule has 1 fully saturated rings. The van der Waals surface area contributed by atoms with Gasteiger partial charge in [-0.05, 0) is 25.2 Å². The molecular weight excluding hydrogens is 372 g/mol. The number of aryl methyl sites for hydroxylation is 1. The van der Waals surface area contributed by atoms with E-state index in [1.54, 1.807) is 6.92 Å². The van der Waals surface area contributed by atoms with Crippen LogP contribution in [0.1, 0.15) is 31.2 Å². The zero-order valence-electron chi connectivity index (χ0n) is 14.1. The van der Waals surface area contributed by atoms with E-state index in [2.05, 4.69) is 15.0 Å². The Morgan fingerprint density at radius 2 is 2.00 bits per heavy atom. The minimum atomic E-state index is -4.42. The fourth-order valence-electron chi connectivity index (χ4n) is 2.76. The Morgan fingerprint density at radius 3 is 2.62 bits per heavy atom. The largest absolute Gasteiger partial charge is 0.475 e. The van der Waals surface area contributed by atoms with Crippen LogP contribution in [-0.2, 0) is 12.6 Å². The van der Waals surface area contributed by atoms with Crippen LogP contribution in [0.4, 0.5) is 22.7 Å². The van der Waals surface area contributed by atoms with Crippen molar-refractivity contribution in [2.24, 2.45) is 5.92 Å². The minimum absolute atomic E-state index is 0.0472. The molecule has 10 heteroatoms. The van der Waals surface area contributed by atoms with Gasteiger partial charge in [-0.25, -0.2) is 9.97 Å². The van der Waals surface area contributed by atoms with Crippen molar-refractivity contribution in [2.45, 2.75) is 32.4 Å². The van der Waals surface area contributed by atoms with Crippen LogP contribution in [0.5, 0.6) is 5.88 Å². The number of hydrogen-bond donors (Lipinski definition) is 0. The second-order valence-corrected chi connectivity index (χ2v) is 6.88. The van der Waals surface area contributed by atoms with E-state index in [4.69, 9.17) is 4.74 Å². The topological polar surface area (TPSA) is 51.1 Å². The predicted octanol–water partition coefficient (Wildman–Crippen LogP) is 3.95. The number of ether oxygens (including phenoxy) is 1. The first-order valence-electron chi connectivity index (χ1n) is 8.28. The van der Waals surface area contributed by atoms with Crippen molar-refractivity contribution in [3.8, 4) is 5.88 Å². The predicted molar refractivity (Wildman–Crippen MR) is 88.9 cm³/mol. The summed E-state index contributed by atoms with van der Waals surface area (Å²) in [6.07, 6.45) is -1.22. The fourth-order valence-corrected chi connectivity index (χ4v) is 3.65. The lowest BCUT2D eigenvalue weighted by atomic mass is 9.98. The Bertz CT molecular complexity index is 744. The third kappa shape index (κ3) is 4.22. The third-order valence-corrected chi connectivity index (χ3v) is 5.19. The number of piperidine rings is 1. The average Bonchev–Trinajstić information content (AvgIpc) is 3.12. The van der Waals surface area contributed by atoms with E-state index < -0.39 is 17.7 Å². The van der Waals surface area contributed by atoms with Crippen LogP contribution in [0.2, 0.25) is 0 Å². The summed E-state index contributed by atoms with van der Waals surface area (Å²) in [5.41, 5.74) is -0.539. The summed E-state index contributed by atoms with van der Waals surface area (Å²) in [7, 11) is 0. The Hall–Kier alpha value is -1.97. The van der Waals surface area contributed by atoms with Crippen LogP contribution in [0.3, 0.4) is 0 Å². The highest BCUT2D eigenvalue weighted by molar-refractivity contribution is 7.13. The summed E-state index contributed by atoms with van der Waals surface area (Å²) in [6, 6.07) is 0. The van der Waals surface area contributed by atoms with Gasteiger partial charge in [-0.3, -0.25) is 0 Å². The van der Waals surface area contributed by atoms with E-state index in [-0.39, 0.29) is 11.8 Å². The van der Waals surface area contributed by atoms with E-state index in [0.717, 1.165) is 29.6 Å². The van der Waals surface area contributed by atoms with Gasteiger partial charge in [-0.2, -0.15) is 22.5 Å². The van der Waals surface area contributed by atoms with Gasteiger partial charge in [-0.1, -0.05) is 6.92 Å². The van der Waals surface area contributed by atoms with Crippen LogP contribution < -0.4 is 9.64 Å². The molecular formula is C16H18F4N4OS. The molecule has 1 aliphatic rings. The highest BCUT2D eigenvalue weighted by atomic mass is 32.1. The van der Waals surface area contributed by atoms with Crippen molar-refractivity contribution >= 4 is 16.5 Å². The second-order valence-electron chi connectivity index (χ2n) is 6.05. The van der Waals surface area contributed by atoms with Crippen molar-refractivity contribution in [3.63, 3.8) is 0 Å². The molecule has 0 unspecified atom stereocenters. The first-order valence-corrected chi connectivity index (χ1v) is 9.16. The van der Waals surface area contributed by atoms with E-state index in [9.17, 15) is 17.6 Å². The molecule has 3 rings (SSSR count). The summed E-state index contributed by atoms with van der Waals surface area (Å²) in [5, 5.41) is 1.42. The van der Waals surface area contributed by atoms with Gasteiger partial charge in [0.05, 0.1) is 12.3 Å². The second kappa shape index (κ2) is 7.73. The van der Waals surface area contributed by atoms with Crippen LogP contribution in [0, 0.1) is 11.7 Å². The maximum Gasteiger partial charge on any atom is 0.434 e. The van der Waals surface area contributed by atoms with Gasteiger partial charge in [0, 0.05) is 18.5 Å². The number of thiazole rings is 1. The summed E-state index contributed by atoms with van der Waals surface area (Å²) in [6.45, 7) is 3.29. The van der Waals surface area contributed by atoms with Crippen molar-refractivity contribution in [1.29, 1.82) is 0 Å². The zero-order chi connectivity index (χ0) is 18.7. The smallest absolute Gasteiger partial charge is 0.434 e. The molecule has 0 aromatic carbocycles. The average molecular weight is 390 g/mol. The lowest BCUT2D eigenvalue weighted by Gasteiger charge is -2.31. The van der Waals surface area contributed by atoms with Gasteiger partial charge in [0.25, 0.3) is 5.88 Å². The molecule has 0 amide bonds. The van der Waals surface area contributed by atoms with Crippen LogP contribution in [0.25, 0.3) is 0 Å². The highest BCUT2D eigenvalue weighted by Crippen LogP contribution is 2.34. The van der Waals surface area contributed by atoms with Gasteiger partial charge in [0.15, 0.2) is 10.8 Å². The van der Waals surface area contributed by atoms with Crippen LogP contribution in [-0.4, -0.2) is 34.6 Å². The molecule has 1 saturated heterocycles. The number of rotatable bonds is 5. The first kappa shape index (κ1) is 18.8. The lowest BCUT2D eigenvalue weighted by molar-refractivity contribution is -0.140. The molecule has 5 nitrogen and oxygen atoms in total. The molecule has 0 radical (unpaired) electrons. The van der Waals surface area contributed by atoms with Crippen molar-refractivity contribution in [1.82, 2.24) is 15.0 Å². The maximum atomic E-state index is 14.1. The van der Waals surface area contributed by atoms with E-state index in [1.807, 2.05) is 4.90 Å². The summed E-state index contributed by atoms with van der Waals surface area (Å²) in [5.74, 6) is -0.392. The Labute approximate surface area is 152 Å². The van der Waals surface area contributed by atoms with E-state index in [1.165, 1.54) is 6.33 Å². The van der Waals surface area contributed by atoms with Gasteiger partial charge in [0.2, 0.25) is 5.82 Å². The van der Waals surface area contributed by atoms with Crippen molar-refractivity contribution < 1.29 is 22.3 Å². The van der Waals surface area contributed by atoms with Crippen LogP contribution >= 0.6 is 11.3 Å². The normalized spacial score (nSPS) is 16.1. The monoisotopic (exact) mass is 390 g/mol. The van der Waals surface area contributed by atoms with Gasteiger partial charge >= 0.3 is 6.18 Å². The van der Waals surface area contributed by atoms with Gasteiger partial charge in [-0.15, -0.1) is 11.3 Å². The van der Waals surface area contributed by atoms with Crippen molar-refractivity contribution in [2.75, 3.05) is 24.6 Å². The van der Waals surface area contributed by atoms with Crippen molar-refractivity contribution in [3.05, 3.63) is 28.9 Å². The number of nitrogens with zero attached hydrogens (tertiary/aromatic N) is 4. The molecule has 0 atom stereocenters. The molecule has 0 bridgehead atoms. The first-order chi connectivity index (χ1) is 12.4. The maximum absolute atomic E-state index is 14.1. The molecule has 0 saturated carbocycles. The Morgan fingerprint density at radius 1 is 1.27 bits per heavy atom. The molecule has 3 heterocycles. The third-order valence-electron chi connectivity index (χ3n) is 4.29. The quantitative estimate of drug-likeness (QED) is 0.724. The minimum Gasteiger partial charge on any atom is -0.475 e. The van der Waals surface area contributed by atoms with E-state index >= 15 is 0 Å². The number of hydrogen-bond acceptors (Lipinski definition) is 6. The lowest BCUT2D eigenvalue weighted by Crippen LogP contribution is -2.35. The number of alkyl halides is 3. The molecule has 0 aliphatic carbocycles. The van der Waals surface area contributed by atoms with Gasteiger partial charge in [0.1, 0.15) is 6.33 Å². The Kier molecular flexibility index (Phi) is 5.59. The summed E-state index contributed by atoms with van der Waals surface area (Å²) >= 11 is 0.997. The summed E-state index contributed by atoms with van der Waals surface area (Å²) < 4.78 is 57.5. The standard InChI is InChI=1S/C16H18F4N4OS/c1-2-11-13(17)14(22-9-21-11)25-7-10-3-5-24(6-4-10)15-23-12(8-26-15)16(18,19)20/h8-10H,2-7H2,1H3. The highest BCUT2D eigenvalue weighted by Gasteiger charge is 2.34. The van der Waals surface area contributed by atoms with Gasteiger partial charge < -0.3 is 9.64 Å². The molecule has 2 aromatic rings. The van der Waals surface area contributed by atoms with E-state index in [0.29, 0.717) is 36.9 Å². The fraction of sp³-hybridized carbons (Fsp3) is 0.562. The molecule has 2 aromatic heterocycles. The number of halogens is 4. The molecule has 142 valence electrons. The number of aromatic nitrogens is 3. The molecule has 0 spiro atoms. The van der Waals surface area contributed by atoms with Crippen LogP contribution in [0.15, 0.2) is 11.7 Å².